The van der Waals surface area contributed by atoms with E-state index in [1.165, 1.54) is 0 Å². The molecule has 0 aromatic rings. The largest absolute Gasteiger partial charge is 0.433 e. The number of ether oxygens (including phenoxy) is 1. The molecule has 0 aromatic carbocycles. The van der Waals surface area contributed by atoms with Gasteiger partial charge in [0.05, 0.1) is 0 Å². The Kier molecular flexibility index (Phi) is 6.45. The number of carbonyl (C=O) groups is 1. The molecule has 72 valence electrons. The Balaban J connectivity index is 3.34. The van der Waals surface area contributed by atoms with Crippen molar-refractivity contribution in [3.05, 3.63) is 0 Å². The summed E-state index contributed by atoms with van der Waals surface area (Å²) in [5, 5.41) is 2.41. The number of thiol groups is 1. The van der Waals surface area contributed by atoms with Crippen LogP contribution in [0.2, 0.25) is 0 Å². The zero-order chi connectivity index (χ0) is 9.40. The molecule has 0 aliphatic rings. The summed E-state index contributed by atoms with van der Waals surface area (Å²) in [6.07, 6.45) is 1.15. The third kappa shape index (κ3) is 7.33. The molecule has 0 saturated carbocycles. The summed E-state index contributed by atoms with van der Waals surface area (Å²) in [5.41, 5.74) is 0. The van der Waals surface area contributed by atoms with Gasteiger partial charge >= 0.3 is 6.09 Å². The Hall–Kier alpha value is -0.780. The summed E-state index contributed by atoms with van der Waals surface area (Å²) in [5.74, 6) is -0.548. The molecule has 6 heteroatoms. The van der Waals surface area contributed by atoms with Gasteiger partial charge in [0.15, 0.2) is 16.6 Å². The van der Waals surface area contributed by atoms with Crippen molar-refractivity contribution in [2.75, 3.05) is 12.5 Å². The number of unbranched alkanes of at least 4 members (excludes halogenated alkanes) is 1. The van der Waals surface area contributed by atoms with Gasteiger partial charge in [0.1, 0.15) is 0 Å². The average molecular weight is 195 g/mol. The van der Waals surface area contributed by atoms with E-state index in [2.05, 4.69) is 10.1 Å². The predicted octanol–water partition coefficient (Wildman–Crippen LogP) is 0.0816. The lowest BCUT2D eigenvalue weighted by molar-refractivity contribution is 0.164. The number of hydrogen-bond donors (Lipinski definition) is 2. The zero-order valence-electron chi connectivity index (χ0n) is 6.91. The first-order chi connectivity index (χ1) is 5.66. The second kappa shape index (κ2) is 6.90. The SMILES string of the molecule is CCCCNC(=O)OC[SH](=O)=O. The van der Waals surface area contributed by atoms with Crippen molar-refractivity contribution >= 4 is 16.8 Å². The maximum atomic E-state index is 10.6. The van der Waals surface area contributed by atoms with E-state index in [9.17, 15) is 13.2 Å². The molecule has 1 amide bonds. The Labute approximate surface area is 73.0 Å². The first-order valence-corrected chi connectivity index (χ1v) is 5.05. The minimum atomic E-state index is -2.63. The van der Waals surface area contributed by atoms with Crippen LogP contribution in [-0.4, -0.2) is 27.0 Å². The standard InChI is InChI=1S/C6H13NO4S/c1-2-3-4-7-6(8)11-5-12(9)10/h12H,2-5H2,1H3,(H,7,8). The molecule has 5 nitrogen and oxygen atoms in total. The number of alkyl carbamates (subject to hydrolysis) is 1. The van der Waals surface area contributed by atoms with E-state index < -0.39 is 22.7 Å². The Morgan fingerprint density at radius 1 is 1.50 bits per heavy atom. The highest BCUT2D eigenvalue weighted by Crippen LogP contribution is 1.84. The van der Waals surface area contributed by atoms with Crippen molar-refractivity contribution in [1.82, 2.24) is 5.32 Å². The minimum Gasteiger partial charge on any atom is -0.433 e. The first-order valence-electron chi connectivity index (χ1n) is 3.69. The van der Waals surface area contributed by atoms with Crippen molar-refractivity contribution in [3.8, 4) is 0 Å². The molecule has 12 heavy (non-hydrogen) atoms. The van der Waals surface area contributed by atoms with Crippen LogP contribution in [0.5, 0.6) is 0 Å². The predicted molar refractivity (Wildman–Crippen MR) is 44.6 cm³/mol. The van der Waals surface area contributed by atoms with E-state index in [0.29, 0.717) is 6.54 Å². The summed E-state index contributed by atoms with van der Waals surface area (Å²) in [6.45, 7) is 2.51. The summed E-state index contributed by atoms with van der Waals surface area (Å²) in [6, 6.07) is 0. The van der Waals surface area contributed by atoms with Crippen molar-refractivity contribution in [2.24, 2.45) is 0 Å². The highest BCUT2D eigenvalue weighted by Gasteiger charge is 1.99. The van der Waals surface area contributed by atoms with Gasteiger partial charge in [0.2, 0.25) is 0 Å². The highest BCUT2D eigenvalue weighted by atomic mass is 32.2. The topological polar surface area (TPSA) is 72.5 Å². The molecule has 0 aliphatic carbocycles. The fourth-order valence-electron chi connectivity index (χ4n) is 0.530. The van der Waals surface area contributed by atoms with E-state index in [0.717, 1.165) is 12.8 Å². The van der Waals surface area contributed by atoms with E-state index >= 15 is 0 Å². The van der Waals surface area contributed by atoms with Crippen LogP contribution < -0.4 is 5.32 Å². The molecule has 0 aromatic heterocycles. The van der Waals surface area contributed by atoms with Gasteiger partial charge in [-0.2, -0.15) is 0 Å². The van der Waals surface area contributed by atoms with E-state index in [4.69, 9.17) is 0 Å². The highest BCUT2D eigenvalue weighted by molar-refractivity contribution is 7.72. The number of hydrogen-bond acceptors (Lipinski definition) is 4. The van der Waals surface area contributed by atoms with Gasteiger partial charge in [-0.15, -0.1) is 0 Å². The van der Waals surface area contributed by atoms with Gasteiger partial charge in [-0.1, -0.05) is 13.3 Å². The summed E-state index contributed by atoms with van der Waals surface area (Å²) >= 11 is 0. The lowest BCUT2D eigenvalue weighted by Gasteiger charge is -2.02. The van der Waals surface area contributed by atoms with E-state index in [1.807, 2.05) is 6.92 Å². The molecule has 0 atom stereocenters. The zero-order valence-corrected chi connectivity index (χ0v) is 7.80. The molecule has 0 heterocycles. The number of nitrogens with one attached hydrogen (secondary N) is 1. The molecule has 1 N–H and O–H groups in total. The molecule has 0 bridgehead atoms. The monoisotopic (exact) mass is 195 g/mol. The minimum absolute atomic E-state index is 0.519. The molecular formula is C6H13NO4S. The number of carbonyl (C=O) groups excluding carboxylic acids is 1. The van der Waals surface area contributed by atoms with Crippen molar-refractivity contribution in [3.63, 3.8) is 0 Å². The second-order valence-electron chi connectivity index (χ2n) is 2.17. The van der Waals surface area contributed by atoms with E-state index in [1.54, 1.807) is 0 Å². The molecule has 0 saturated heterocycles. The maximum absolute atomic E-state index is 10.6. The van der Waals surface area contributed by atoms with Crippen molar-refractivity contribution in [2.45, 2.75) is 19.8 Å². The van der Waals surface area contributed by atoms with Crippen LogP contribution in [0, 0.1) is 0 Å². The van der Waals surface area contributed by atoms with E-state index in [-0.39, 0.29) is 0 Å². The van der Waals surface area contributed by atoms with Crippen LogP contribution in [0.3, 0.4) is 0 Å². The molecule has 0 fully saturated rings. The van der Waals surface area contributed by atoms with Gasteiger partial charge in [0, 0.05) is 6.54 Å². The molecule has 0 spiro atoms. The van der Waals surface area contributed by atoms with Crippen molar-refractivity contribution < 1.29 is 17.9 Å². The van der Waals surface area contributed by atoms with Gasteiger partial charge < -0.3 is 10.1 Å². The Morgan fingerprint density at radius 2 is 2.17 bits per heavy atom. The van der Waals surface area contributed by atoms with Crippen LogP contribution in [0.15, 0.2) is 0 Å². The number of rotatable bonds is 5. The normalized spacial score (nSPS) is 9.83. The Bertz CT molecular complexity index is 194. The van der Waals surface area contributed by atoms with Gasteiger partial charge in [-0.3, -0.25) is 0 Å². The fraction of sp³-hybridized carbons (Fsp3) is 0.833. The third-order valence-electron chi connectivity index (χ3n) is 1.10. The smallest absolute Gasteiger partial charge is 0.408 e. The molecule has 0 unspecified atom stereocenters. The van der Waals surface area contributed by atoms with Crippen LogP contribution in [0.4, 0.5) is 4.79 Å². The lowest BCUT2D eigenvalue weighted by Crippen LogP contribution is -2.25. The van der Waals surface area contributed by atoms with Crippen LogP contribution in [0.1, 0.15) is 19.8 Å². The van der Waals surface area contributed by atoms with Crippen LogP contribution in [-0.2, 0) is 15.4 Å². The fourth-order valence-corrected chi connectivity index (χ4v) is 0.752. The van der Waals surface area contributed by atoms with Crippen molar-refractivity contribution in [1.29, 1.82) is 0 Å². The number of amides is 1. The third-order valence-corrected chi connectivity index (χ3v) is 1.44. The Morgan fingerprint density at radius 3 is 2.67 bits per heavy atom. The average Bonchev–Trinajstić information content (AvgIpc) is 2.01. The first kappa shape index (κ1) is 11.2. The second-order valence-corrected chi connectivity index (χ2v) is 3.10. The van der Waals surface area contributed by atoms with Gasteiger partial charge in [-0.25, -0.2) is 13.2 Å². The quantitative estimate of drug-likeness (QED) is 0.481. The lowest BCUT2D eigenvalue weighted by atomic mass is 10.3. The summed E-state index contributed by atoms with van der Waals surface area (Å²) < 4.78 is 24.2. The van der Waals surface area contributed by atoms with Gasteiger partial charge in [0.25, 0.3) is 0 Å². The molecule has 0 radical (unpaired) electrons. The summed E-state index contributed by atoms with van der Waals surface area (Å²) in [4.78, 5) is 10.6. The summed E-state index contributed by atoms with van der Waals surface area (Å²) in [7, 11) is -2.63. The molecule has 0 aliphatic heterocycles. The van der Waals surface area contributed by atoms with Gasteiger partial charge in [-0.05, 0) is 6.42 Å². The maximum Gasteiger partial charge on any atom is 0.408 e. The molecule has 0 rings (SSSR count). The van der Waals surface area contributed by atoms with Crippen LogP contribution >= 0.6 is 0 Å². The van der Waals surface area contributed by atoms with Crippen LogP contribution in [0.25, 0.3) is 0 Å². The molecular weight excluding hydrogens is 182 g/mol.